The lowest BCUT2D eigenvalue weighted by molar-refractivity contribution is 0.412. The number of aromatic amines is 1. The number of fused-ring (bicyclic) bond motifs is 1. The largest absolute Gasteiger partial charge is 0.497 e. The fourth-order valence-electron chi connectivity index (χ4n) is 2.60. The van der Waals surface area contributed by atoms with Gasteiger partial charge in [0.2, 0.25) is 0 Å². The Hall–Kier alpha value is -2.29. The Kier molecular flexibility index (Phi) is 3.44. The molecule has 0 atom stereocenters. The molecule has 0 aliphatic heterocycles. The van der Waals surface area contributed by atoms with Gasteiger partial charge in [0.25, 0.3) is 0 Å². The van der Waals surface area contributed by atoms with E-state index in [4.69, 9.17) is 4.74 Å². The molecule has 1 N–H and O–H groups in total. The molecule has 0 aliphatic carbocycles. The average molecular weight is 297 g/mol. The summed E-state index contributed by atoms with van der Waals surface area (Å²) in [7, 11) is 1.54. The number of ether oxygens (including phenoxy) is 1. The lowest BCUT2D eigenvalue weighted by Gasteiger charge is -2.19. The van der Waals surface area contributed by atoms with E-state index in [1.54, 1.807) is 7.11 Å². The molecule has 0 spiro atoms. The van der Waals surface area contributed by atoms with Crippen molar-refractivity contribution < 1.29 is 9.13 Å². The predicted molar refractivity (Wildman–Crippen MR) is 88.9 cm³/mol. The molecule has 0 aliphatic rings. The van der Waals surface area contributed by atoms with Gasteiger partial charge in [0, 0.05) is 17.1 Å². The van der Waals surface area contributed by atoms with Crippen molar-refractivity contribution in [2.24, 2.45) is 0 Å². The Bertz CT molecular complexity index is 827. The van der Waals surface area contributed by atoms with Crippen LogP contribution in [0.4, 0.5) is 4.39 Å². The van der Waals surface area contributed by atoms with Gasteiger partial charge in [-0.3, -0.25) is 0 Å². The van der Waals surface area contributed by atoms with Crippen LogP contribution in [0.5, 0.6) is 5.75 Å². The zero-order valence-electron chi connectivity index (χ0n) is 13.3. The van der Waals surface area contributed by atoms with E-state index in [1.165, 1.54) is 11.6 Å². The standard InChI is InChI=1S/C19H20FNO/c1-19(2,3)14-7-5-6-12(8-14)17-10-13-9-15(22-4)11-16(20)18(13)21-17/h5-11,21H,1-4H3. The molecule has 2 aromatic carbocycles. The number of methoxy groups -OCH3 is 1. The SMILES string of the molecule is COc1cc(F)c2[nH]c(-c3cccc(C(C)(C)C)c3)cc2c1. The topological polar surface area (TPSA) is 25.0 Å². The fraction of sp³-hybridized carbons (Fsp3) is 0.263. The van der Waals surface area contributed by atoms with Gasteiger partial charge in [-0.15, -0.1) is 0 Å². The Labute approximate surface area is 129 Å². The van der Waals surface area contributed by atoms with E-state index in [1.807, 2.05) is 24.3 Å². The van der Waals surface area contributed by atoms with Crippen molar-refractivity contribution in [1.82, 2.24) is 4.98 Å². The number of aromatic nitrogens is 1. The van der Waals surface area contributed by atoms with Crippen molar-refractivity contribution in [3.63, 3.8) is 0 Å². The van der Waals surface area contributed by atoms with Gasteiger partial charge >= 0.3 is 0 Å². The Balaban J connectivity index is 2.13. The van der Waals surface area contributed by atoms with Gasteiger partial charge < -0.3 is 9.72 Å². The molecular weight excluding hydrogens is 277 g/mol. The van der Waals surface area contributed by atoms with Crippen molar-refractivity contribution in [2.45, 2.75) is 26.2 Å². The highest BCUT2D eigenvalue weighted by Gasteiger charge is 2.15. The maximum absolute atomic E-state index is 14.1. The molecule has 0 amide bonds. The van der Waals surface area contributed by atoms with Gasteiger partial charge in [0.05, 0.1) is 12.6 Å². The van der Waals surface area contributed by atoms with E-state index in [2.05, 4.69) is 37.9 Å². The summed E-state index contributed by atoms with van der Waals surface area (Å²) in [6.45, 7) is 6.55. The second kappa shape index (κ2) is 5.16. The number of H-pyrrole nitrogens is 1. The average Bonchev–Trinajstić information content (AvgIpc) is 2.91. The smallest absolute Gasteiger partial charge is 0.150 e. The van der Waals surface area contributed by atoms with E-state index in [-0.39, 0.29) is 11.2 Å². The van der Waals surface area contributed by atoms with Crippen LogP contribution in [0.2, 0.25) is 0 Å². The maximum Gasteiger partial charge on any atom is 0.150 e. The first kappa shape index (κ1) is 14.6. The van der Waals surface area contributed by atoms with E-state index in [0.29, 0.717) is 11.3 Å². The monoisotopic (exact) mass is 297 g/mol. The fourth-order valence-corrected chi connectivity index (χ4v) is 2.60. The molecule has 0 radical (unpaired) electrons. The van der Waals surface area contributed by atoms with E-state index < -0.39 is 0 Å². The summed E-state index contributed by atoms with van der Waals surface area (Å²) in [5.74, 6) is 0.228. The lowest BCUT2D eigenvalue weighted by Crippen LogP contribution is -2.10. The minimum Gasteiger partial charge on any atom is -0.497 e. The molecule has 2 nitrogen and oxygen atoms in total. The van der Waals surface area contributed by atoms with Crippen LogP contribution < -0.4 is 4.74 Å². The van der Waals surface area contributed by atoms with Crippen molar-refractivity contribution in [3.05, 3.63) is 53.8 Å². The number of rotatable bonds is 2. The van der Waals surface area contributed by atoms with Gasteiger partial charge in [-0.05, 0) is 34.7 Å². The Morgan fingerprint density at radius 2 is 1.82 bits per heavy atom. The van der Waals surface area contributed by atoms with Crippen molar-refractivity contribution in [1.29, 1.82) is 0 Å². The van der Waals surface area contributed by atoms with Crippen LogP contribution >= 0.6 is 0 Å². The second-order valence-corrected chi connectivity index (χ2v) is 6.59. The molecule has 3 aromatic rings. The van der Waals surface area contributed by atoms with E-state index in [0.717, 1.165) is 16.6 Å². The summed E-state index contributed by atoms with van der Waals surface area (Å²) in [6, 6.07) is 13.5. The summed E-state index contributed by atoms with van der Waals surface area (Å²) in [5.41, 5.74) is 3.81. The highest BCUT2D eigenvalue weighted by Crippen LogP contribution is 2.31. The molecule has 22 heavy (non-hydrogen) atoms. The van der Waals surface area contributed by atoms with Gasteiger partial charge in [-0.2, -0.15) is 0 Å². The zero-order valence-corrected chi connectivity index (χ0v) is 13.3. The first-order valence-electron chi connectivity index (χ1n) is 7.35. The van der Waals surface area contributed by atoms with Crippen LogP contribution in [0.3, 0.4) is 0 Å². The van der Waals surface area contributed by atoms with E-state index in [9.17, 15) is 4.39 Å². The number of hydrogen-bond acceptors (Lipinski definition) is 1. The molecular formula is C19H20FNO. The third-order valence-electron chi connectivity index (χ3n) is 3.93. The van der Waals surface area contributed by atoms with Gasteiger partial charge in [0.1, 0.15) is 5.75 Å². The van der Waals surface area contributed by atoms with Crippen molar-refractivity contribution in [3.8, 4) is 17.0 Å². The van der Waals surface area contributed by atoms with Crippen LogP contribution in [0.25, 0.3) is 22.2 Å². The molecule has 3 rings (SSSR count). The Morgan fingerprint density at radius 3 is 2.50 bits per heavy atom. The molecule has 1 heterocycles. The van der Waals surface area contributed by atoms with Crippen LogP contribution in [0, 0.1) is 5.82 Å². The van der Waals surface area contributed by atoms with Gasteiger partial charge in [-0.1, -0.05) is 39.0 Å². The van der Waals surface area contributed by atoms with Crippen LogP contribution in [0.15, 0.2) is 42.5 Å². The zero-order chi connectivity index (χ0) is 15.9. The first-order chi connectivity index (χ1) is 10.4. The minimum absolute atomic E-state index is 0.0799. The number of nitrogens with one attached hydrogen (secondary N) is 1. The molecule has 0 unspecified atom stereocenters. The molecule has 1 aromatic heterocycles. The number of benzene rings is 2. The number of halogens is 1. The highest BCUT2D eigenvalue weighted by molar-refractivity contribution is 5.87. The molecule has 0 saturated carbocycles. The minimum atomic E-state index is -0.299. The van der Waals surface area contributed by atoms with E-state index >= 15 is 0 Å². The Morgan fingerprint density at radius 1 is 1.05 bits per heavy atom. The van der Waals surface area contributed by atoms with Gasteiger partial charge in [0.15, 0.2) is 5.82 Å². The van der Waals surface area contributed by atoms with Crippen molar-refractivity contribution in [2.75, 3.05) is 7.11 Å². The van der Waals surface area contributed by atoms with Crippen molar-refractivity contribution >= 4 is 10.9 Å². The third kappa shape index (κ3) is 2.59. The van der Waals surface area contributed by atoms with Crippen LogP contribution in [-0.4, -0.2) is 12.1 Å². The molecule has 3 heteroatoms. The summed E-state index contributed by atoms with van der Waals surface area (Å²) in [6.07, 6.45) is 0. The predicted octanol–water partition coefficient (Wildman–Crippen LogP) is 5.28. The second-order valence-electron chi connectivity index (χ2n) is 6.59. The lowest BCUT2D eigenvalue weighted by atomic mass is 9.86. The number of hydrogen-bond donors (Lipinski definition) is 1. The maximum atomic E-state index is 14.1. The summed E-state index contributed by atoms with van der Waals surface area (Å²) >= 11 is 0. The molecule has 0 saturated heterocycles. The highest BCUT2D eigenvalue weighted by atomic mass is 19.1. The van der Waals surface area contributed by atoms with Crippen LogP contribution in [-0.2, 0) is 5.41 Å². The molecule has 114 valence electrons. The molecule has 0 fully saturated rings. The molecule has 0 bridgehead atoms. The normalized spacial score (nSPS) is 11.9. The summed E-state index contributed by atoms with van der Waals surface area (Å²) in [5, 5.41) is 0.813. The third-order valence-corrected chi connectivity index (χ3v) is 3.93. The van der Waals surface area contributed by atoms with Gasteiger partial charge in [-0.25, -0.2) is 4.39 Å². The summed E-state index contributed by atoms with van der Waals surface area (Å²) in [4.78, 5) is 3.18. The first-order valence-corrected chi connectivity index (χ1v) is 7.35. The van der Waals surface area contributed by atoms with Crippen LogP contribution in [0.1, 0.15) is 26.3 Å². The summed E-state index contributed by atoms with van der Waals surface area (Å²) < 4.78 is 19.2. The quantitative estimate of drug-likeness (QED) is 0.684.